The molecule has 0 radical (unpaired) electrons. The Balaban J connectivity index is 0.00000529. The van der Waals surface area contributed by atoms with E-state index in [2.05, 4.69) is 29.5 Å². The number of halogens is 4. The Bertz CT molecular complexity index is 508. The van der Waals surface area contributed by atoms with Crippen LogP contribution in [0.5, 0.6) is 5.75 Å². The monoisotopic (exact) mass is 459 g/mol. The van der Waals surface area contributed by atoms with Gasteiger partial charge in [0.2, 0.25) is 0 Å². The van der Waals surface area contributed by atoms with Gasteiger partial charge < -0.3 is 15.4 Å². The van der Waals surface area contributed by atoms with Crippen LogP contribution in [-0.4, -0.2) is 38.9 Å². The van der Waals surface area contributed by atoms with Crippen molar-refractivity contribution in [3.8, 4) is 5.75 Å². The van der Waals surface area contributed by atoms with E-state index in [0.29, 0.717) is 25.0 Å². The molecule has 0 aliphatic carbocycles. The number of hydrogen-bond donors (Lipinski definition) is 2. The summed E-state index contributed by atoms with van der Waals surface area (Å²) in [5, 5.41) is 5.54. The summed E-state index contributed by atoms with van der Waals surface area (Å²) in [6, 6.07) is 7.80. The Morgan fingerprint density at radius 2 is 1.79 bits per heavy atom. The summed E-state index contributed by atoms with van der Waals surface area (Å²) in [7, 11) is 1.51. The molecule has 0 aliphatic heterocycles. The normalized spacial score (nSPS) is 11.9. The molecular weight excluding hydrogens is 434 g/mol. The van der Waals surface area contributed by atoms with Crippen LogP contribution in [0.3, 0.4) is 0 Å². The molecule has 1 aromatic carbocycles. The molecule has 24 heavy (non-hydrogen) atoms. The third kappa shape index (κ3) is 9.19. The van der Waals surface area contributed by atoms with E-state index in [9.17, 15) is 13.2 Å². The SMILES string of the molecule is CN=C(NCCOc1ccccc1C(C)C)NCCC(F)(F)F.I. The van der Waals surface area contributed by atoms with E-state index < -0.39 is 12.6 Å². The van der Waals surface area contributed by atoms with Gasteiger partial charge in [-0.15, -0.1) is 24.0 Å². The van der Waals surface area contributed by atoms with Crippen LogP contribution in [0.4, 0.5) is 13.2 Å². The van der Waals surface area contributed by atoms with Gasteiger partial charge in [-0.1, -0.05) is 32.0 Å². The molecule has 0 spiro atoms. The first kappa shape index (κ1) is 22.8. The molecule has 1 rings (SSSR count). The van der Waals surface area contributed by atoms with Gasteiger partial charge in [0.1, 0.15) is 12.4 Å². The highest BCUT2D eigenvalue weighted by Crippen LogP contribution is 2.25. The van der Waals surface area contributed by atoms with Gasteiger partial charge in [-0.25, -0.2) is 0 Å². The number of benzene rings is 1. The van der Waals surface area contributed by atoms with Gasteiger partial charge in [-0.3, -0.25) is 4.99 Å². The summed E-state index contributed by atoms with van der Waals surface area (Å²) in [5.74, 6) is 1.51. The molecule has 0 bridgehead atoms. The van der Waals surface area contributed by atoms with Crippen LogP contribution < -0.4 is 15.4 Å². The lowest BCUT2D eigenvalue weighted by molar-refractivity contribution is -0.132. The molecule has 4 nitrogen and oxygen atoms in total. The predicted octanol–water partition coefficient (Wildman–Crippen LogP) is 3.92. The highest BCUT2D eigenvalue weighted by Gasteiger charge is 2.26. The molecule has 0 fully saturated rings. The third-order valence-electron chi connectivity index (χ3n) is 3.12. The maximum atomic E-state index is 12.1. The number of guanidine groups is 1. The van der Waals surface area contributed by atoms with Crippen molar-refractivity contribution >= 4 is 29.9 Å². The number of aliphatic imine (C=N–C) groups is 1. The van der Waals surface area contributed by atoms with Crippen LogP contribution in [-0.2, 0) is 0 Å². The molecule has 8 heteroatoms. The zero-order chi connectivity index (χ0) is 17.3. The van der Waals surface area contributed by atoms with Gasteiger partial charge >= 0.3 is 6.18 Å². The summed E-state index contributed by atoms with van der Waals surface area (Å²) in [5.41, 5.74) is 1.13. The Hall–Kier alpha value is -1.19. The summed E-state index contributed by atoms with van der Waals surface area (Å²) >= 11 is 0. The molecule has 0 unspecified atom stereocenters. The molecule has 1 aromatic rings. The van der Waals surface area contributed by atoms with E-state index >= 15 is 0 Å². The van der Waals surface area contributed by atoms with Gasteiger partial charge in [0.05, 0.1) is 13.0 Å². The zero-order valence-corrected chi connectivity index (χ0v) is 16.4. The Labute approximate surface area is 158 Å². The number of ether oxygens (including phenoxy) is 1. The summed E-state index contributed by atoms with van der Waals surface area (Å²) in [6.07, 6.45) is -5.07. The zero-order valence-electron chi connectivity index (χ0n) is 14.1. The number of para-hydroxylation sites is 1. The van der Waals surface area contributed by atoms with E-state index in [-0.39, 0.29) is 30.5 Å². The van der Waals surface area contributed by atoms with E-state index in [1.54, 1.807) is 0 Å². The van der Waals surface area contributed by atoms with Gasteiger partial charge in [-0.2, -0.15) is 13.2 Å². The van der Waals surface area contributed by atoms with E-state index in [1.807, 2.05) is 24.3 Å². The van der Waals surface area contributed by atoms with Crippen LogP contribution in [0.15, 0.2) is 29.3 Å². The maximum Gasteiger partial charge on any atom is 0.390 e. The highest BCUT2D eigenvalue weighted by atomic mass is 127. The van der Waals surface area contributed by atoms with Crippen molar-refractivity contribution in [2.24, 2.45) is 4.99 Å². The average molecular weight is 459 g/mol. The van der Waals surface area contributed by atoms with Crippen LogP contribution in [0.25, 0.3) is 0 Å². The van der Waals surface area contributed by atoms with Crippen molar-refractivity contribution in [2.75, 3.05) is 26.7 Å². The predicted molar refractivity (Wildman–Crippen MR) is 101 cm³/mol. The number of nitrogens with zero attached hydrogens (tertiary/aromatic N) is 1. The first-order valence-corrected chi connectivity index (χ1v) is 7.56. The van der Waals surface area contributed by atoms with Gasteiger partial charge in [-0.05, 0) is 17.5 Å². The minimum Gasteiger partial charge on any atom is -0.491 e. The largest absolute Gasteiger partial charge is 0.491 e. The van der Waals surface area contributed by atoms with Crippen LogP contribution in [0.2, 0.25) is 0 Å². The van der Waals surface area contributed by atoms with Crippen LogP contribution in [0.1, 0.15) is 31.7 Å². The van der Waals surface area contributed by atoms with Crippen molar-refractivity contribution in [3.05, 3.63) is 29.8 Å². The van der Waals surface area contributed by atoms with Crippen molar-refractivity contribution in [2.45, 2.75) is 32.4 Å². The maximum absolute atomic E-state index is 12.1. The fourth-order valence-electron chi connectivity index (χ4n) is 1.96. The molecule has 138 valence electrons. The van der Waals surface area contributed by atoms with Crippen LogP contribution >= 0.6 is 24.0 Å². The quantitative estimate of drug-likeness (QED) is 0.281. The second kappa shape index (κ2) is 11.4. The van der Waals surface area contributed by atoms with Crippen molar-refractivity contribution < 1.29 is 17.9 Å². The molecule has 0 saturated carbocycles. The molecular formula is C16H25F3IN3O. The van der Waals surface area contributed by atoms with E-state index in [4.69, 9.17) is 4.74 Å². The molecule has 0 saturated heterocycles. The second-order valence-corrected chi connectivity index (χ2v) is 5.33. The van der Waals surface area contributed by atoms with Crippen molar-refractivity contribution in [1.82, 2.24) is 10.6 Å². The van der Waals surface area contributed by atoms with Crippen LogP contribution in [0, 0.1) is 0 Å². The highest BCUT2D eigenvalue weighted by molar-refractivity contribution is 14.0. The van der Waals surface area contributed by atoms with Gasteiger partial charge in [0, 0.05) is 13.6 Å². The number of hydrogen-bond acceptors (Lipinski definition) is 2. The first-order valence-electron chi connectivity index (χ1n) is 7.56. The third-order valence-corrected chi connectivity index (χ3v) is 3.12. The van der Waals surface area contributed by atoms with E-state index in [1.165, 1.54) is 7.05 Å². The second-order valence-electron chi connectivity index (χ2n) is 5.33. The summed E-state index contributed by atoms with van der Waals surface area (Å²) < 4.78 is 42.0. The number of rotatable bonds is 7. The van der Waals surface area contributed by atoms with E-state index in [0.717, 1.165) is 11.3 Å². The smallest absolute Gasteiger partial charge is 0.390 e. The lowest BCUT2D eigenvalue weighted by Gasteiger charge is -2.15. The lowest BCUT2D eigenvalue weighted by Crippen LogP contribution is -2.40. The number of alkyl halides is 3. The molecule has 0 atom stereocenters. The Morgan fingerprint density at radius 1 is 1.17 bits per heavy atom. The Kier molecular flexibility index (Phi) is 10.8. The van der Waals surface area contributed by atoms with Crippen molar-refractivity contribution in [1.29, 1.82) is 0 Å². The van der Waals surface area contributed by atoms with Gasteiger partial charge in [0.25, 0.3) is 0 Å². The number of nitrogens with one attached hydrogen (secondary N) is 2. The lowest BCUT2D eigenvalue weighted by atomic mass is 10.0. The van der Waals surface area contributed by atoms with Gasteiger partial charge in [0.15, 0.2) is 5.96 Å². The summed E-state index contributed by atoms with van der Waals surface area (Å²) in [4.78, 5) is 3.87. The topological polar surface area (TPSA) is 45.7 Å². The molecule has 0 amide bonds. The van der Waals surface area contributed by atoms with Crippen molar-refractivity contribution in [3.63, 3.8) is 0 Å². The fraction of sp³-hybridized carbons (Fsp3) is 0.562. The molecule has 0 aliphatic rings. The molecule has 2 N–H and O–H groups in total. The minimum atomic E-state index is -4.17. The first-order chi connectivity index (χ1) is 10.8. The minimum absolute atomic E-state index is 0. The standard InChI is InChI=1S/C16H24F3N3O.HI/c1-12(2)13-6-4-5-7-14(13)23-11-10-22-15(20-3)21-9-8-16(17,18)19;/h4-7,12H,8-11H2,1-3H3,(H2,20,21,22);1H. The molecule has 0 heterocycles. The average Bonchev–Trinajstić information content (AvgIpc) is 2.48. The molecule has 0 aromatic heterocycles. The fourth-order valence-corrected chi connectivity index (χ4v) is 1.96. The summed E-state index contributed by atoms with van der Waals surface area (Å²) in [6.45, 7) is 4.81. The Morgan fingerprint density at radius 3 is 2.38 bits per heavy atom.